The second-order valence-corrected chi connectivity index (χ2v) is 6.89. The van der Waals surface area contributed by atoms with Crippen LogP contribution >= 0.6 is 46.4 Å². The maximum Gasteiger partial charge on any atom is 0.168 e. The summed E-state index contributed by atoms with van der Waals surface area (Å²) < 4.78 is -2.25. The lowest BCUT2D eigenvalue weighted by Crippen LogP contribution is -2.30. The van der Waals surface area contributed by atoms with Crippen molar-refractivity contribution < 1.29 is 0 Å². The zero-order chi connectivity index (χ0) is 13.0. The Balaban J connectivity index is 2.41. The summed E-state index contributed by atoms with van der Waals surface area (Å²) in [7, 11) is 0. The lowest BCUT2D eigenvalue weighted by atomic mass is 9.84. The van der Waals surface area contributed by atoms with Gasteiger partial charge >= 0.3 is 0 Å². The van der Waals surface area contributed by atoms with Gasteiger partial charge in [0.05, 0.1) is 0 Å². The van der Waals surface area contributed by atoms with Crippen LogP contribution in [0.25, 0.3) is 0 Å². The van der Waals surface area contributed by atoms with Crippen LogP contribution < -0.4 is 0 Å². The van der Waals surface area contributed by atoms with Gasteiger partial charge in [-0.1, -0.05) is 94.9 Å². The summed E-state index contributed by atoms with van der Waals surface area (Å²) in [5.74, 6) is 0. The van der Waals surface area contributed by atoms with Crippen LogP contribution in [0, 0.1) is 0 Å². The molecule has 1 aliphatic carbocycles. The zero-order valence-electron chi connectivity index (χ0n) is 9.13. The number of hydrogen-bond acceptors (Lipinski definition) is 0. The highest BCUT2D eigenvalue weighted by Gasteiger charge is 2.47. The smallest absolute Gasteiger partial charge is 0.0909 e. The highest BCUT2D eigenvalue weighted by molar-refractivity contribution is 6.54. The van der Waals surface area contributed by atoms with Crippen molar-refractivity contribution in [3.05, 3.63) is 70.8 Å². The third kappa shape index (κ3) is 1.60. The molecule has 0 bridgehead atoms. The van der Waals surface area contributed by atoms with Gasteiger partial charge in [0.2, 0.25) is 0 Å². The third-order valence-electron chi connectivity index (χ3n) is 3.21. The molecule has 2 aromatic rings. The van der Waals surface area contributed by atoms with Gasteiger partial charge in [-0.25, -0.2) is 0 Å². The molecule has 0 aromatic heterocycles. The second kappa shape index (κ2) is 4.05. The minimum absolute atomic E-state index is 0.733. The van der Waals surface area contributed by atoms with Crippen LogP contribution in [0.15, 0.2) is 48.5 Å². The van der Waals surface area contributed by atoms with Crippen molar-refractivity contribution in [2.24, 2.45) is 0 Å². The number of benzene rings is 2. The molecule has 0 N–H and O–H groups in total. The van der Waals surface area contributed by atoms with E-state index in [1.165, 1.54) is 0 Å². The normalized spacial score (nSPS) is 18.9. The lowest BCUT2D eigenvalue weighted by molar-refractivity contribution is 0.859. The molecule has 0 unspecified atom stereocenters. The molecule has 0 atom stereocenters. The molecule has 0 saturated heterocycles. The first-order valence-electron chi connectivity index (χ1n) is 5.41. The summed E-state index contributed by atoms with van der Waals surface area (Å²) in [6.45, 7) is 0. The quantitative estimate of drug-likeness (QED) is 0.574. The van der Waals surface area contributed by atoms with Gasteiger partial charge < -0.3 is 0 Å². The van der Waals surface area contributed by atoms with E-state index in [2.05, 4.69) is 0 Å². The topological polar surface area (TPSA) is 0 Å². The predicted octanol–water partition coefficient (Wildman–Crippen LogP) is 5.36. The SMILES string of the molecule is ClC1(Cl)c2ccccc2C(Cl)(Cl)c2ccccc21. The van der Waals surface area contributed by atoms with Gasteiger partial charge in [0.15, 0.2) is 8.67 Å². The molecule has 0 radical (unpaired) electrons. The van der Waals surface area contributed by atoms with E-state index in [0.717, 1.165) is 22.3 Å². The maximum atomic E-state index is 6.51. The van der Waals surface area contributed by atoms with Crippen LogP contribution in [0.5, 0.6) is 0 Å². The standard InChI is InChI=1S/C14H8Cl4/c15-13(16)9-5-1-2-6-10(9)14(17,18)12-8-4-3-7-11(12)13/h1-8H. The van der Waals surface area contributed by atoms with Gasteiger partial charge in [-0.3, -0.25) is 0 Å². The number of halogens is 4. The molecule has 0 nitrogen and oxygen atoms in total. The van der Waals surface area contributed by atoms with Gasteiger partial charge in [-0.15, -0.1) is 0 Å². The monoisotopic (exact) mass is 316 g/mol. The molecule has 2 aromatic carbocycles. The molecule has 0 saturated carbocycles. The predicted molar refractivity (Wildman–Crippen MR) is 77.9 cm³/mol. The molecule has 18 heavy (non-hydrogen) atoms. The molecular weight excluding hydrogens is 310 g/mol. The summed E-state index contributed by atoms with van der Waals surface area (Å²) >= 11 is 26.0. The van der Waals surface area contributed by atoms with Crippen LogP contribution in [0.1, 0.15) is 22.3 Å². The summed E-state index contributed by atoms with van der Waals surface area (Å²) in [6.07, 6.45) is 0. The van der Waals surface area contributed by atoms with E-state index in [-0.39, 0.29) is 0 Å². The van der Waals surface area contributed by atoms with Gasteiger partial charge in [0, 0.05) is 0 Å². The first-order chi connectivity index (χ1) is 8.45. The fourth-order valence-electron chi connectivity index (χ4n) is 2.35. The first kappa shape index (κ1) is 12.6. The van der Waals surface area contributed by atoms with E-state index in [1.54, 1.807) is 0 Å². The van der Waals surface area contributed by atoms with Crippen LogP contribution in [0.3, 0.4) is 0 Å². The van der Waals surface area contributed by atoms with Crippen molar-refractivity contribution in [3.8, 4) is 0 Å². The molecule has 0 fully saturated rings. The van der Waals surface area contributed by atoms with Gasteiger partial charge in [0.25, 0.3) is 0 Å². The molecular formula is C14H8Cl4. The Bertz CT molecular complexity index is 511. The highest BCUT2D eigenvalue weighted by atomic mass is 35.5. The molecule has 4 heteroatoms. The maximum absolute atomic E-state index is 6.51. The summed E-state index contributed by atoms with van der Waals surface area (Å²) in [4.78, 5) is 0. The van der Waals surface area contributed by atoms with Gasteiger partial charge in [-0.2, -0.15) is 0 Å². The van der Waals surface area contributed by atoms with Crippen LogP contribution in [0.2, 0.25) is 0 Å². The summed E-state index contributed by atoms with van der Waals surface area (Å²) in [6, 6.07) is 14.9. The van der Waals surface area contributed by atoms with E-state index in [9.17, 15) is 0 Å². The van der Waals surface area contributed by atoms with Gasteiger partial charge in [-0.05, 0) is 22.3 Å². The van der Waals surface area contributed by atoms with Crippen molar-refractivity contribution in [1.82, 2.24) is 0 Å². The zero-order valence-corrected chi connectivity index (χ0v) is 12.2. The van der Waals surface area contributed by atoms with Crippen molar-refractivity contribution in [3.63, 3.8) is 0 Å². The number of alkyl halides is 4. The molecule has 0 aliphatic heterocycles. The van der Waals surface area contributed by atoms with E-state index < -0.39 is 8.67 Å². The minimum atomic E-state index is -1.12. The number of rotatable bonds is 0. The molecule has 0 heterocycles. The van der Waals surface area contributed by atoms with E-state index in [0.29, 0.717) is 0 Å². The van der Waals surface area contributed by atoms with Crippen molar-refractivity contribution in [1.29, 1.82) is 0 Å². The Morgan fingerprint density at radius 1 is 0.500 bits per heavy atom. The van der Waals surface area contributed by atoms with Crippen LogP contribution in [-0.2, 0) is 8.67 Å². The third-order valence-corrected chi connectivity index (χ3v) is 4.84. The Kier molecular flexibility index (Phi) is 2.84. The molecule has 3 rings (SSSR count). The Hall–Kier alpha value is -0.400. The summed E-state index contributed by atoms with van der Waals surface area (Å²) in [5, 5.41) is 0. The average molecular weight is 318 g/mol. The Morgan fingerprint density at radius 3 is 0.944 bits per heavy atom. The average Bonchev–Trinajstić information content (AvgIpc) is 2.37. The Morgan fingerprint density at radius 2 is 0.722 bits per heavy atom. The highest BCUT2D eigenvalue weighted by Crippen LogP contribution is 2.57. The van der Waals surface area contributed by atoms with E-state index in [4.69, 9.17) is 46.4 Å². The van der Waals surface area contributed by atoms with E-state index >= 15 is 0 Å². The second-order valence-electron chi connectivity index (χ2n) is 4.24. The summed E-state index contributed by atoms with van der Waals surface area (Å²) in [5.41, 5.74) is 2.93. The van der Waals surface area contributed by atoms with Crippen molar-refractivity contribution in [2.45, 2.75) is 8.67 Å². The largest absolute Gasteiger partial charge is 0.168 e. The Labute approximate surface area is 125 Å². The van der Waals surface area contributed by atoms with Crippen LogP contribution in [-0.4, -0.2) is 0 Å². The first-order valence-corrected chi connectivity index (χ1v) is 6.92. The fourth-order valence-corrected chi connectivity index (χ4v) is 3.67. The minimum Gasteiger partial charge on any atom is -0.0909 e. The van der Waals surface area contributed by atoms with Gasteiger partial charge in [0.1, 0.15) is 0 Å². The molecule has 0 amide bonds. The molecule has 1 aliphatic rings. The molecule has 92 valence electrons. The fraction of sp³-hybridized carbons (Fsp3) is 0.143. The molecule has 0 spiro atoms. The van der Waals surface area contributed by atoms with E-state index in [1.807, 2.05) is 48.5 Å². The van der Waals surface area contributed by atoms with Crippen molar-refractivity contribution >= 4 is 46.4 Å². The van der Waals surface area contributed by atoms with Crippen LogP contribution in [0.4, 0.5) is 0 Å². The lowest BCUT2D eigenvalue weighted by Gasteiger charge is -2.37. The van der Waals surface area contributed by atoms with Crippen molar-refractivity contribution in [2.75, 3.05) is 0 Å². The number of fused-ring (bicyclic) bond motifs is 2. The number of hydrogen-bond donors (Lipinski definition) is 0.